The van der Waals surface area contributed by atoms with Gasteiger partial charge in [-0.3, -0.25) is 9.59 Å². The summed E-state index contributed by atoms with van der Waals surface area (Å²) >= 11 is 0. The minimum absolute atomic E-state index is 0.0462. The van der Waals surface area contributed by atoms with Gasteiger partial charge in [0.05, 0.1) is 18.3 Å². The normalized spacial score (nSPS) is 34.8. The molecule has 1 saturated carbocycles. The van der Waals surface area contributed by atoms with E-state index < -0.39 is 81.3 Å². The van der Waals surface area contributed by atoms with Crippen molar-refractivity contribution in [1.29, 1.82) is 0 Å². The van der Waals surface area contributed by atoms with Crippen LogP contribution in [0.2, 0.25) is 0 Å². The number of aliphatic hydroxyl groups excluding tert-OH is 2. The minimum atomic E-state index is -4.31. The van der Waals surface area contributed by atoms with Crippen LogP contribution in [0.4, 0.5) is 0 Å². The van der Waals surface area contributed by atoms with Crippen molar-refractivity contribution in [2.75, 3.05) is 0 Å². The molecule has 0 aromatic carbocycles. The third-order valence-corrected chi connectivity index (χ3v) is 4.87. The number of unbranched alkanes of at least 4 members (excludes halogenated alkanes) is 1. The summed E-state index contributed by atoms with van der Waals surface area (Å²) in [7, 11) is 0. The molecule has 0 unspecified atom stereocenters. The molecule has 1 aliphatic carbocycles. The van der Waals surface area contributed by atoms with Crippen molar-refractivity contribution in [3.63, 3.8) is 0 Å². The van der Waals surface area contributed by atoms with Crippen LogP contribution in [0.25, 0.3) is 0 Å². The van der Waals surface area contributed by atoms with Gasteiger partial charge in [-0.1, -0.05) is 44.5 Å². The Balaban J connectivity index is 3.07. The molecule has 30 heavy (non-hydrogen) atoms. The van der Waals surface area contributed by atoms with E-state index in [2.05, 4.69) is 0 Å². The molecule has 1 aliphatic rings. The fraction of sp³-hybridized carbons (Fsp3) is 0.840. The Bertz CT molecular complexity index is 1060. The number of esters is 1. The number of Topliss-reactive ketones (excluding diaryl/α,β-unsaturated/α-hetero) is 1. The van der Waals surface area contributed by atoms with Crippen LogP contribution >= 0.6 is 0 Å². The second-order valence-electron chi connectivity index (χ2n) is 7.55. The molecule has 0 radical (unpaired) electrons. The van der Waals surface area contributed by atoms with Crippen LogP contribution in [-0.2, 0) is 14.3 Å². The van der Waals surface area contributed by atoms with Gasteiger partial charge in [0.25, 0.3) is 0 Å². The van der Waals surface area contributed by atoms with Crippen molar-refractivity contribution in [3.8, 4) is 0 Å². The third kappa shape index (κ3) is 11.3. The van der Waals surface area contributed by atoms with Gasteiger partial charge in [0.15, 0.2) is 0 Å². The summed E-state index contributed by atoms with van der Waals surface area (Å²) in [4.78, 5) is 24.7. The van der Waals surface area contributed by atoms with Crippen molar-refractivity contribution in [1.82, 2.24) is 0 Å². The lowest BCUT2D eigenvalue weighted by atomic mass is 9.86. The van der Waals surface area contributed by atoms with Gasteiger partial charge in [0, 0.05) is 39.8 Å². The summed E-state index contributed by atoms with van der Waals surface area (Å²) in [5.74, 6) is -3.21. The van der Waals surface area contributed by atoms with Crippen molar-refractivity contribution < 1.29 is 45.1 Å². The Hall–Kier alpha value is -1.20. The zero-order valence-corrected chi connectivity index (χ0v) is 17.6. The summed E-state index contributed by atoms with van der Waals surface area (Å²) in [5.41, 5.74) is 0. The lowest BCUT2D eigenvalue weighted by Crippen LogP contribution is -2.22. The van der Waals surface area contributed by atoms with Gasteiger partial charge in [-0.15, -0.1) is 0 Å². The number of rotatable bonds is 16. The zero-order valence-electron chi connectivity index (χ0n) is 32.6. The van der Waals surface area contributed by atoms with E-state index in [0.717, 1.165) is 0 Å². The van der Waals surface area contributed by atoms with E-state index >= 15 is 0 Å². The molecule has 0 heterocycles. The highest BCUT2D eigenvalue weighted by Gasteiger charge is 2.40. The first-order chi connectivity index (χ1) is 20.0. The predicted molar refractivity (Wildman–Crippen MR) is 120 cm³/mol. The lowest BCUT2D eigenvalue weighted by Gasteiger charge is -2.22. The SMILES string of the molecule is [2H]C([2H])([2H])C([2H])([2H])C([2H])([2H])C([2H])([2H])C([2H])([2H])C([2H])([2H])C([2H])([2H])C(=O)CC[C@@H]1[C@@H](C/C=C\CCCC(=O)OC(C)C)[C@@H](O)C[C@H]1O. The lowest BCUT2D eigenvalue weighted by molar-refractivity contribution is -0.147. The number of aliphatic hydroxyl groups is 2. The van der Waals surface area contributed by atoms with Crippen molar-refractivity contribution in [2.45, 2.75) is 122 Å². The average molecular weight is 440 g/mol. The molecule has 0 bridgehead atoms. The molecular formula is C25H44O5. The Morgan fingerprint density at radius 1 is 1.10 bits per heavy atom. The predicted octanol–water partition coefficient (Wildman–Crippen LogP) is 5.12. The summed E-state index contributed by atoms with van der Waals surface area (Å²) < 4.78 is 123. The highest BCUT2D eigenvalue weighted by atomic mass is 16.5. The van der Waals surface area contributed by atoms with E-state index in [9.17, 15) is 19.8 Å². The summed E-state index contributed by atoms with van der Waals surface area (Å²) in [6, 6.07) is 0. The molecule has 0 aromatic rings. The Labute approximate surface area is 204 Å². The second-order valence-corrected chi connectivity index (χ2v) is 7.55. The number of carbonyl (C=O) groups excluding carboxylic acids is 2. The third-order valence-electron chi connectivity index (χ3n) is 4.87. The van der Waals surface area contributed by atoms with Gasteiger partial charge in [-0.05, 0) is 64.2 Å². The summed E-state index contributed by atoms with van der Waals surface area (Å²) in [6.45, 7) is -0.346. The molecule has 0 spiro atoms. The molecule has 5 heteroatoms. The van der Waals surface area contributed by atoms with Gasteiger partial charge >= 0.3 is 5.97 Å². The maximum Gasteiger partial charge on any atom is 0.306 e. The number of hydrogen-bond acceptors (Lipinski definition) is 5. The number of ketones is 1. The smallest absolute Gasteiger partial charge is 0.306 e. The van der Waals surface area contributed by atoms with Crippen LogP contribution in [0.3, 0.4) is 0 Å². The average Bonchev–Trinajstić information content (AvgIpc) is 3.14. The number of ether oxygens (including phenoxy) is 1. The van der Waals surface area contributed by atoms with E-state index in [4.69, 9.17) is 25.3 Å². The Kier molecular flexibility index (Phi) is 6.03. The molecule has 5 nitrogen and oxygen atoms in total. The van der Waals surface area contributed by atoms with Crippen LogP contribution in [0, 0.1) is 11.8 Å². The minimum Gasteiger partial charge on any atom is -0.463 e. The van der Waals surface area contributed by atoms with Gasteiger partial charge in [-0.2, -0.15) is 0 Å². The summed E-state index contributed by atoms with van der Waals surface area (Å²) in [6.07, 6.45) is -23.2. The Morgan fingerprint density at radius 3 is 2.57 bits per heavy atom. The largest absolute Gasteiger partial charge is 0.463 e. The van der Waals surface area contributed by atoms with Gasteiger partial charge < -0.3 is 14.9 Å². The van der Waals surface area contributed by atoms with Crippen molar-refractivity contribution in [2.24, 2.45) is 11.8 Å². The van der Waals surface area contributed by atoms with Crippen LogP contribution in [0.5, 0.6) is 0 Å². The molecule has 0 aliphatic heterocycles. The fourth-order valence-corrected chi connectivity index (χ4v) is 3.52. The van der Waals surface area contributed by atoms with Crippen LogP contribution in [0.1, 0.15) is 124 Å². The van der Waals surface area contributed by atoms with Crippen LogP contribution in [0.15, 0.2) is 12.2 Å². The highest BCUT2D eigenvalue weighted by molar-refractivity contribution is 5.78. The second kappa shape index (κ2) is 15.6. The molecule has 174 valence electrons. The zero-order chi connectivity index (χ0) is 35.6. The van der Waals surface area contributed by atoms with Crippen molar-refractivity contribution in [3.05, 3.63) is 12.2 Å². The van der Waals surface area contributed by atoms with Crippen LogP contribution < -0.4 is 0 Å². The molecule has 1 rings (SSSR count). The molecular weight excluding hydrogens is 380 g/mol. The van der Waals surface area contributed by atoms with Crippen LogP contribution in [-0.4, -0.2) is 40.3 Å². The molecule has 0 amide bonds. The maximum absolute atomic E-state index is 13.0. The maximum atomic E-state index is 13.0. The monoisotopic (exact) mass is 439 g/mol. The number of allylic oxidation sites excluding steroid dienone is 2. The highest BCUT2D eigenvalue weighted by Crippen LogP contribution is 2.38. The van der Waals surface area contributed by atoms with E-state index in [1.54, 1.807) is 26.0 Å². The molecule has 0 aromatic heterocycles. The van der Waals surface area contributed by atoms with E-state index in [0.29, 0.717) is 12.8 Å². The quantitative estimate of drug-likeness (QED) is 0.198. The molecule has 0 saturated heterocycles. The van der Waals surface area contributed by atoms with E-state index in [-0.39, 0.29) is 37.8 Å². The van der Waals surface area contributed by atoms with E-state index in [1.807, 2.05) is 0 Å². The van der Waals surface area contributed by atoms with Crippen molar-refractivity contribution >= 4 is 11.8 Å². The molecule has 4 atom stereocenters. The number of carbonyl (C=O) groups is 2. The first-order valence-electron chi connectivity index (χ1n) is 17.8. The first kappa shape index (κ1) is 11.6. The Morgan fingerprint density at radius 2 is 1.83 bits per heavy atom. The topological polar surface area (TPSA) is 83.8 Å². The molecule has 1 fully saturated rings. The number of hydrogen-bond donors (Lipinski definition) is 2. The fourth-order valence-electron chi connectivity index (χ4n) is 3.52. The van der Waals surface area contributed by atoms with Gasteiger partial charge in [-0.25, -0.2) is 0 Å². The molecule has 2 N–H and O–H groups in total. The van der Waals surface area contributed by atoms with Gasteiger partial charge in [0.2, 0.25) is 0 Å². The first-order valence-corrected chi connectivity index (χ1v) is 10.3. The summed E-state index contributed by atoms with van der Waals surface area (Å²) in [5, 5.41) is 21.0. The van der Waals surface area contributed by atoms with E-state index in [1.165, 1.54) is 0 Å². The van der Waals surface area contributed by atoms with Gasteiger partial charge in [0.1, 0.15) is 5.78 Å². The standard InChI is InChI=1S/C25H44O5/c1-4-5-6-7-10-13-20(26)16-17-22-21(23(27)18-24(22)28)14-11-8-9-12-15-25(29)30-19(2)3/h8,11,19,21-24,27-28H,4-7,9-10,12-18H2,1-3H3/b11-8-/t21-,22-,23+,24-/m1/s1/i1D3,4D2,5D2,6D2,7D2,10D2,13D2.